The van der Waals surface area contributed by atoms with Crippen LogP contribution in [-0.2, 0) is 6.54 Å². The molecule has 0 fully saturated rings. The van der Waals surface area contributed by atoms with E-state index in [1.807, 2.05) is 11.6 Å². The number of rotatable bonds is 6. The van der Waals surface area contributed by atoms with Crippen LogP contribution in [0.3, 0.4) is 0 Å². The highest BCUT2D eigenvalue weighted by molar-refractivity contribution is 5.64. The highest BCUT2D eigenvalue weighted by atomic mass is 15.3. The molecule has 0 aliphatic heterocycles. The van der Waals surface area contributed by atoms with Crippen molar-refractivity contribution in [1.82, 2.24) is 9.78 Å². The summed E-state index contributed by atoms with van der Waals surface area (Å²) in [4.78, 5) is 0. The average Bonchev–Trinajstić information content (AvgIpc) is 2.68. The normalized spacial score (nSPS) is 15.4. The molecule has 0 unspecified atom stereocenters. The molecule has 0 saturated heterocycles. The van der Waals surface area contributed by atoms with Crippen LogP contribution in [-0.4, -0.2) is 16.3 Å². The Kier molecular flexibility index (Phi) is 4.88. The number of anilines is 2. The van der Waals surface area contributed by atoms with Crippen molar-refractivity contribution in [1.29, 1.82) is 0 Å². The number of hydrogen-bond donors (Lipinski definition) is 2. The first-order chi connectivity index (χ1) is 9.22. The summed E-state index contributed by atoms with van der Waals surface area (Å²) in [5.41, 5.74) is 9.41. The van der Waals surface area contributed by atoms with Crippen LogP contribution in [0.5, 0.6) is 0 Å². The fourth-order valence-electron chi connectivity index (χ4n) is 2.63. The highest BCUT2D eigenvalue weighted by Gasteiger charge is 2.11. The molecule has 0 bridgehead atoms. The van der Waals surface area contributed by atoms with E-state index in [0.717, 1.165) is 43.1 Å². The molecule has 0 saturated carbocycles. The van der Waals surface area contributed by atoms with Crippen molar-refractivity contribution in [2.75, 3.05) is 17.6 Å². The molecule has 19 heavy (non-hydrogen) atoms. The maximum Gasteiger partial charge on any atom is 0.148 e. The number of allylic oxidation sites excluding steroid dienone is 1. The van der Waals surface area contributed by atoms with E-state index in [-0.39, 0.29) is 0 Å². The first-order valence-corrected chi connectivity index (χ1v) is 7.47. The van der Waals surface area contributed by atoms with E-state index < -0.39 is 0 Å². The van der Waals surface area contributed by atoms with E-state index in [2.05, 4.69) is 23.4 Å². The lowest BCUT2D eigenvalue weighted by Crippen LogP contribution is -2.11. The second-order valence-corrected chi connectivity index (χ2v) is 5.36. The Morgan fingerprint density at radius 3 is 2.95 bits per heavy atom. The average molecular weight is 262 g/mol. The Morgan fingerprint density at radius 1 is 1.42 bits per heavy atom. The van der Waals surface area contributed by atoms with Crippen LogP contribution in [0.4, 0.5) is 11.5 Å². The predicted octanol–water partition coefficient (Wildman–Crippen LogP) is 3.49. The van der Waals surface area contributed by atoms with Gasteiger partial charge in [-0.2, -0.15) is 5.10 Å². The zero-order valence-corrected chi connectivity index (χ0v) is 12.2. The second-order valence-electron chi connectivity index (χ2n) is 5.36. The maximum absolute atomic E-state index is 6.09. The number of aryl methyl sites for hydroxylation is 2. The van der Waals surface area contributed by atoms with Gasteiger partial charge in [0, 0.05) is 13.1 Å². The second kappa shape index (κ2) is 6.64. The summed E-state index contributed by atoms with van der Waals surface area (Å²) in [6.45, 7) is 5.99. The molecule has 1 heterocycles. The molecule has 4 nitrogen and oxygen atoms in total. The molecule has 0 aromatic carbocycles. The summed E-state index contributed by atoms with van der Waals surface area (Å²) in [6, 6.07) is 0. The summed E-state index contributed by atoms with van der Waals surface area (Å²) < 4.78 is 2.00. The fraction of sp³-hybridized carbons (Fsp3) is 0.667. The Balaban J connectivity index is 1.93. The summed E-state index contributed by atoms with van der Waals surface area (Å²) in [6.07, 6.45) is 9.82. The standard InChI is InChI=1S/C15H26N4/c1-3-11-19-15(14(16)12(2)18-19)17-10-9-13-7-5-4-6-8-13/h7,17H,3-6,8-11,16H2,1-2H3. The Morgan fingerprint density at radius 2 is 2.26 bits per heavy atom. The largest absolute Gasteiger partial charge is 0.394 e. The number of nitrogen functional groups attached to an aromatic ring is 1. The minimum absolute atomic E-state index is 0.797. The van der Waals surface area contributed by atoms with Gasteiger partial charge < -0.3 is 11.1 Å². The molecular formula is C15H26N4. The van der Waals surface area contributed by atoms with E-state index >= 15 is 0 Å². The number of nitrogens with two attached hydrogens (primary N) is 1. The smallest absolute Gasteiger partial charge is 0.148 e. The molecular weight excluding hydrogens is 236 g/mol. The van der Waals surface area contributed by atoms with Crippen molar-refractivity contribution in [3.05, 3.63) is 17.3 Å². The van der Waals surface area contributed by atoms with Crippen molar-refractivity contribution in [3.63, 3.8) is 0 Å². The summed E-state index contributed by atoms with van der Waals surface area (Å²) in [5, 5.41) is 7.95. The molecule has 1 aromatic rings. The van der Waals surface area contributed by atoms with Gasteiger partial charge in [-0.15, -0.1) is 0 Å². The van der Waals surface area contributed by atoms with Gasteiger partial charge in [0.15, 0.2) is 0 Å². The summed E-state index contributed by atoms with van der Waals surface area (Å²) in [7, 11) is 0. The molecule has 0 spiro atoms. The van der Waals surface area contributed by atoms with Crippen LogP contribution >= 0.6 is 0 Å². The van der Waals surface area contributed by atoms with E-state index in [4.69, 9.17) is 5.73 Å². The van der Waals surface area contributed by atoms with Crippen LogP contribution < -0.4 is 11.1 Å². The number of nitrogens with one attached hydrogen (secondary N) is 1. The third-order valence-corrected chi connectivity index (χ3v) is 3.73. The van der Waals surface area contributed by atoms with Crippen molar-refractivity contribution >= 4 is 11.5 Å². The Bertz CT molecular complexity index is 445. The third kappa shape index (κ3) is 3.52. The Labute approximate surface area is 116 Å². The number of hydrogen-bond acceptors (Lipinski definition) is 3. The molecule has 1 aliphatic carbocycles. The molecule has 0 atom stereocenters. The van der Waals surface area contributed by atoms with Gasteiger partial charge in [-0.25, -0.2) is 4.68 Å². The van der Waals surface area contributed by atoms with E-state index in [0.29, 0.717) is 0 Å². The minimum atomic E-state index is 0.797. The van der Waals surface area contributed by atoms with Gasteiger partial charge in [0.1, 0.15) is 5.82 Å². The molecule has 106 valence electrons. The van der Waals surface area contributed by atoms with Gasteiger partial charge in [0.25, 0.3) is 0 Å². The third-order valence-electron chi connectivity index (χ3n) is 3.73. The van der Waals surface area contributed by atoms with E-state index in [1.54, 1.807) is 5.57 Å². The minimum Gasteiger partial charge on any atom is -0.394 e. The molecule has 4 heteroatoms. The molecule has 1 aliphatic rings. The predicted molar refractivity (Wildman–Crippen MR) is 81.3 cm³/mol. The SMILES string of the molecule is CCCn1nc(C)c(N)c1NCCC1=CCCCC1. The zero-order chi connectivity index (χ0) is 13.7. The zero-order valence-electron chi connectivity index (χ0n) is 12.2. The number of aromatic nitrogens is 2. The van der Waals surface area contributed by atoms with Crippen LogP contribution in [0.15, 0.2) is 11.6 Å². The molecule has 0 amide bonds. The monoisotopic (exact) mass is 262 g/mol. The van der Waals surface area contributed by atoms with E-state index in [1.165, 1.54) is 25.7 Å². The molecule has 1 aromatic heterocycles. The first kappa shape index (κ1) is 14.0. The van der Waals surface area contributed by atoms with Gasteiger partial charge in [0.2, 0.25) is 0 Å². The van der Waals surface area contributed by atoms with Gasteiger partial charge in [-0.1, -0.05) is 18.6 Å². The van der Waals surface area contributed by atoms with Crippen LogP contribution in [0.2, 0.25) is 0 Å². The lowest BCUT2D eigenvalue weighted by atomic mass is 9.97. The summed E-state index contributed by atoms with van der Waals surface area (Å²) >= 11 is 0. The van der Waals surface area contributed by atoms with Crippen LogP contribution in [0.1, 0.15) is 51.1 Å². The fourth-order valence-corrected chi connectivity index (χ4v) is 2.63. The van der Waals surface area contributed by atoms with E-state index in [9.17, 15) is 0 Å². The quantitative estimate of drug-likeness (QED) is 0.772. The van der Waals surface area contributed by atoms with Crippen molar-refractivity contribution < 1.29 is 0 Å². The van der Waals surface area contributed by atoms with Gasteiger partial charge in [0.05, 0.1) is 11.4 Å². The molecule has 0 radical (unpaired) electrons. The lowest BCUT2D eigenvalue weighted by molar-refractivity contribution is 0.602. The van der Waals surface area contributed by atoms with Crippen molar-refractivity contribution in [3.8, 4) is 0 Å². The lowest BCUT2D eigenvalue weighted by Gasteiger charge is -2.14. The van der Waals surface area contributed by atoms with Gasteiger partial charge >= 0.3 is 0 Å². The highest BCUT2D eigenvalue weighted by Crippen LogP contribution is 2.24. The van der Waals surface area contributed by atoms with Crippen molar-refractivity contribution in [2.45, 2.75) is 58.9 Å². The molecule has 3 N–H and O–H groups in total. The first-order valence-electron chi connectivity index (χ1n) is 7.47. The summed E-state index contributed by atoms with van der Waals surface area (Å²) in [5.74, 6) is 0.996. The van der Waals surface area contributed by atoms with Crippen LogP contribution in [0.25, 0.3) is 0 Å². The Hall–Kier alpha value is -1.45. The molecule has 2 rings (SSSR count). The number of nitrogens with zero attached hydrogens (tertiary/aromatic N) is 2. The van der Waals surface area contributed by atoms with Crippen LogP contribution in [0, 0.1) is 6.92 Å². The topological polar surface area (TPSA) is 55.9 Å². The van der Waals surface area contributed by atoms with Gasteiger partial charge in [-0.3, -0.25) is 0 Å². The maximum atomic E-state index is 6.09. The van der Waals surface area contributed by atoms with Gasteiger partial charge in [-0.05, 0) is 45.4 Å². The van der Waals surface area contributed by atoms with Crippen molar-refractivity contribution in [2.24, 2.45) is 0 Å².